The summed E-state index contributed by atoms with van der Waals surface area (Å²) in [4.78, 5) is 13.9. The summed E-state index contributed by atoms with van der Waals surface area (Å²) in [5.41, 5.74) is 0. The number of hydrogen-bond donors (Lipinski definition) is 1. The maximum Gasteiger partial charge on any atom is 0.223 e. The first-order chi connectivity index (χ1) is 9.29. The Hall–Kier alpha value is -0.320. The zero-order valence-electron chi connectivity index (χ0n) is 12.6. The molecule has 0 aromatic carbocycles. The van der Waals surface area contributed by atoms with Gasteiger partial charge in [-0.25, -0.2) is 0 Å². The molecule has 0 unspecified atom stereocenters. The van der Waals surface area contributed by atoms with Crippen molar-refractivity contribution in [3.05, 3.63) is 0 Å². The van der Waals surface area contributed by atoms with Crippen molar-refractivity contribution in [2.75, 3.05) is 33.3 Å². The molecule has 2 fully saturated rings. The molecule has 1 heterocycles. The van der Waals surface area contributed by atoms with Crippen LogP contribution in [0.3, 0.4) is 0 Å². The molecule has 1 aliphatic heterocycles. The third-order valence-corrected chi connectivity index (χ3v) is 4.43. The van der Waals surface area contributed by atoms with Crippen LogP contribution in [0.5, 0.6) is 0 Å². The highest BCUT2D eigenvalue weighted by Gasteiger charge is 2.24. The standard InChI is InChI=1S/C15H28N2O2.ClH/c1-16-9-6-15(18)17-10-7-14(8-11-17)19-12-13-4-2-3-5-13;/h13-14,16H,2-12H2,1H3;1H. The Labute approximate surface area is 129 Å². The molecule has 1 amide bonds. The minimum atomic E-state index is 0. The third kappa shape index (κ3) is 5.58. The summed E-state index contributed by atoms with van der Waals surface area (Å²) in [5, 5.41) is 3.03. The summed E-state index contributed by atoms with van der Waals surface area (Å²) in [6, 6.07) is 0. The van der Waals surface area contributed by atoms with Gasteiger partial charge >= 0.3 is 0 Å². The van der Waals surface area contributed by atoms with E-state index < -0.39 is 0 Å². The van der Waals surface area contributed by atoms with Gasteiger partial charge in [0.25, 0.3) is 0 Å². The number of rotatable bonds is 6. The first kappa shape index (κ1) is 17.7. The largest absolute Gasteiger partial charge is 0.378 e. The normalized spacial score (nSPS) is 20.9. The van der Waals surface area contributed by atoms with Gasteiger partial charge in [0.1, 0.15) is 0 Å². The molecule has 4 nitrogen and oxygen atoms in total. The van der Waals surface area contributed by atoms with Gasteiger partial charge in [-0.2, -0.15) is 0 Å². The number of carbonyl (C=O) groups is 1. The Balaban J connectivity index is 0.00000200. The summed E-state index contributed by atoms with van der Waals surface area (Å²) < 4.78 is 6.03. The van der Waals surface area contributed by atoms with E-state index in [-0.39, 0.29) is 18.3 Å². The lowest BCUT2D eigenvalue weighted by molar-refractivity contribution is -0.133. The van der Waals surface area contributed by atoms with Crippen LogP contribution >= 0.6 is 12.4 Å². The molecule has 5 heteroatoms. The van der Waals surface area contributed by atoms with Crippen LogP contribution in [-0.4, -0.2) is 50.2 Å². The first-order valence-corrected chi connectivity index (χ1v) is 7.83. The van der Waals surface area contributed by atoms with Crippen LogP contribution in [0.25, 0.3) is 0 Å². The molecule has 0 radical (unpaired) electrons. The average Bonchev–Trinajstić information content (AvgIpc) is 2.96. The SMILES string of the molecule is CNCCC(=O)N1CCC(OCC2CCCC2)CC1.Cl. The highest BCUT2D eigenvalue weighted by atomic mass is 35.5. The zero-order chi connectivity index (χ0) is 13.5. The molecular weight excluding hydrogens is 276 g/mol. The molecule has 118 valence electrons. The van der Waals surface area contributed by atoms with Crippen molar-refractivity contribution in [1.29, 1.82) is 0 Å². The predicted octanol–water partition coefficient (Wildman–Crippen LogP) is 2.22. The summed E-state index contributed by atoms with van der Waals surface area (Å²) in [7, 11) is 1.89. The van der Waals surface area contributed by atoms with Crippen LogP contribution in [0.4, 0.5) is 0 Å². The van der Waals surface area contributed by atoms with Crippen molar-refractivity contribution in [2.45, 2.75) is 51.0 Å². The third-order valence-electron chi connectivity index (χ3n) is 4.43. The highest BCUT2D eigenvalue weighted by molar-refractivity contribution is 5.85. The van der Waals surface area contributed by atoms with Gasteiger partial charge in [0.15, 0.2) is 0 Å². The van der Waals surface area contributed by atoms with Gasteiger partial charge in [0.2, 0.25) is 5.91 Å². The van der Waals surface area contributed by atoms with Crippen LogP contribution in [0.2, 0.25) is 0 Å². The predicted molar refractivity (Wildman–Crippen MR) is 83.3 cm³/mol. The van der Waals surface area contributed by atoms with E-state index in [1.54, 1.807) is 0 Å². The maximum absolute atomic E-state index is 11.9. The molecule has 1 aliphatic carbocycles. The van der Waals surface area contributed by atoms with Crippen molar-refractivity contribution in [2.24, 2.45) is 5.92 Å². The molecule has 2 rings (SSSR count). The summed E-state index contributed by atoms with van der Waals surface area (Å²) >= 11 is 0. The van der Waals surface area contributed by atoms with Gasteiger partial charge in [-0.3, -0.25) is 4.79 Å². The highest BCUT2D eigenvalue weighted by Crippen LogP contribution is 2.26. The van der Waals surface area contributed by atoms with Crippen LogP contribution in [0, 0.1) is 5.92 Å². The van der Waals surface area contributed by atoms with Gasteiger partial charge in [0, 0.05) is 32.7 Å². The number of amides is 1. The number of hydrogen-bond acceptors (Lipinski definition) is 3. The number of ether oxygens (including phenoxy) is 1. The number of carbonyl (C=O) groups excluding carboxylic acids is 1. The van der Waals surface area contributed by atoms with E-state index in [4.69, 9.17) is 4.74 Å². The van der Waals surface area contributed by atoms with Crippen molar-refractivity contribution >= 4 is 18.3 Å². The molecule has 2 aliphatic rings. The lowest BCUT2D eigenvalue weighted by atomic mass is 10.1. The number of piperidine rings is 1. The van der Waals surface area contributed by atoms with Crippen LogP contribution in [0.1, 0.15) is 44.9 Å². The molecule has 0 spiro atoms. The van der Waals surface area contributed by atoms with E-state index in [0.717, 1.165) is 45.0 Å². The van der Waals surface area contributed by atoms with Crippen LogP contribution < -0.4 is 5.32 Å². The topological polar surface area (TPSA) is 41.6 Å². The van der Waals surface area contributed by atoms with E-state index in [9.17, 15) is 4.79 Å². The number of likely N-dealkylation sites (tertiary alicyclic amines) is 1. The molecular formula is C15H29ClN2O2. The van der Waals surface area contributed by atoms with Crippen LogP contribution in [-0.2, 0) is 9.53 Å². The van der Waals surface area contributed by atoms with Crippen molar-refractivity contribution in [3.63, 3.8) is 0 Å². The van der Waals surface area contributed by atoms with E-state index >= 15 is 0 Å². The quantitative estimate of drug-likeness (QED) is 0.818. The Bertz CT molecular complexity index is 275. The molecule has 0 aromatic heterocycles. The average molecular weight is 305 g/mol. The lowest BCUT2D eigenvalue weighted by Gasteiger charge is -2.32. The van der Waals surface area contributed by atoms with Gasteiger partial charge < -0.3 is 15.0 Å². The van der Waals surface area contributed by atoms with Crippen molar-refractivity contribution in [3.8, 4) is 0 Å². The lowest BCUT2D eigenvalue weighted by Crippen LogP contribution is -2.41. The van der Waals surface area contributed by atoms with Gasteiger partial charge in [-0.1, -0.05) is 12.8 Å². The smallest absolute Gasteiger partial charge is 0.223 e. The van der Waals surface area contributed by atoms with E-state index in [2.05, 4.69) is 5.32 Å². The molecule has 1 saturated heterocycles. The fraction of sp³-hybridized carbons (Fsp3) is 0.933. The van der Waals surface area contributed by atoms with Gasteiger partial charge in [-0.15, -0.1) is 12.4 Å². The van der Waals surface area contributed by atoms with E-state index in [0.29, 0.717) is 12.5 Å². The molecule has 0 aromatic rings. The Morgan fingerprint density at radius 1 is 1.20 bits per heavy atom. The molecule has 1 saturated carbocycles. The number of nitrogens with zero attached hydrogens (tertiary/aromatic N) is 1. The maximum atomic E-state index is 11.9. The second-order valence-corrected chi connectivity index (χ2v) is 5.92. The van der Waals surface area contributed by atoms with Crippen LogP contribution in [0.15, 0.2) is 0 Å². The Morgan fingerprint density at radius 3 is 2.45 bits per heavy atom. The fourth-order valence-corrected chi connectivity index (χ4v) is 3.11. The summed E-state index contributed by atoms with van der Waals surface area (Å²) in [6.45, 7) is 3.46. The van der Waals surface area contributed by atoms with E-state index in [1.807, 2.05) is 11.9 Å². The first-order valence-electron chi connectivity index (χ1n) is 7.83. The fourth-order valence-electron chi connectivity index (χ4n) is 3.11. The minimum absolute atomic E-state index is 0. The van der Waals surface area contributed by atoms with Gasteiger partial charge in [-0.05, 0) is 38.6 Å². The number of nitrogens with one attached hydrogen (secondary N) is 1. The van der Waals surface area contributed by atoms with Crippen molar-refractivity contribution < 1.29 is 9.53 Å². The van der Waals surface area contributed by atoms with Gasteiger partial charge in [0.05, 0.1) is 6.10 Å². The van der Waals surface area contributed by atoms with E-state index in [1.165, 1.54) is 25.7 Å². The van der Waals surface area contributed by atoms with Crippen molar-refractivity contribution in [1.82, 2.24) is 10.2 Å². The molecule has 0 atom stereocenters. The molecule has 20 heavy (non-hydrogen) atoms. The molecule has 0 bridgehead atoms. The zero-order valence-corrected chi connectivity index (χ0v) is 13.4. The Morgan fingerprint density at radius 2 is 1.85 bits per heavy atom. The summed E-state index contributed by atoms with van der Waals surface area (Å²) in [5.74, 6) is 1.08. The monoisotopic (exact) mass is 304 g/mol. The summed E-state index contributed by atoms with van der Waals surface area (Å²) in [6.07, 6.45) is 8.48. The molecule has 1 N–H and O–H groups in total. The second kappa shape index (κ2) is 9.59. The second-order valence-electron chi connectivity index (χ2n) is 5.92. The Kier molecular flexibility index (Phi) is 8.50. The minimum Gasteiger partial charge on any atom is -0.378 e. The number of halogens is 1.